The Bertz CT molecular complexity index is 424. The van der Waals surface area contributed by atoms with E-state index in [-0.39, 0.29) is 0 Å². The van der Waals surface area contributed by atoms with Crippen LogP contribution >= 0.6 is 8.81 Å². The number of H-pyrrole nitrogens is 1. The predicted molar refractivity (Wildman–Crippen MR) is 55.8 cm³/mol. The fraction of sp³-hybridized carbons (Fsp3) is 0.222. The molecule has 4 heteroatoms. The van der Waals surface area contributed by atoms with Gasteiger partial charge in [0.2, 0.25) is 0 Å². The fourth-order valence-electron chi connectivity index (χ4n) is 1.32. The van der Waals surface area contributed by atoms with E-state index in [4.69, 9.17) is 4.52 Å². The van der Waals surface area contributed by atoms with Gasteiger partial charge < -0.3 is 9.51 Å². The summed E-state index contributed by atoms with van der Waals surface area (Å²) in [4.78, 5) is 7.65. The van der Waals surface area contributed by atoms with Crippen molar-refractivity contribution < 1.29 is 4.52 Å². The van der Waals surface area contributed by atoms with E-state index in [2.05, 4.69) is 23.0 Å². The Balaban J connectivity index is 2.55. The molecule has 2 rings (SSSR count). The third-order valence-corrected chi connectivity index (χ3v) is 2.55. The van der Waals surface area contributed by atoms with Crippen LogP contribution in [-0.2, 0) is 4.52 Å². The lowest BCUT2D eigenvalue weighted by Gasteiger charge is -1.90. The van der Waals surface area contributed by atoms with Crippen molar-refractivity contribution in [2.24, 2.45) is 0 Å². The van der Waals surface area contributed by atoms with E-state index in [1.807, 2.05) is 12.1 Å². The van der Waals surface area contributed by atoms with Crippen LogP contribution in [0, 0.1) is 6.92 Å². The van der Waals surface area contributed by atoms with Gasteiger partial charge in [-0.25, -0.2) is 4.98 Å². The Hall–Kier alpha value is -0.920. The van der Waals surface area contributed by atoms with Gasteiger partial charge in [0, 0.05) is 7.11 Å². The predicted octanol–water partition coefficient (Wildman–Crippen LogP) is 1.74. The maximum atomic E-state index is 5.03. The van der Waals surface area contributed by atoms with Gasteiger partial charge in [-0.15, -0.1) is 0 Å². The van der Waals surface area contributed by atoms with Crippen LogP contribution in [0.2, 0.25) is 0 Å². The summed E-state index contributed by atoms with van der Waals surface area (Å²) in [7, 11) is 1.98. The molecule has 0 fully saturated rings. The molecule has 1 N–H and O–H groups in total. The number of nitrogens with zero attached hydrogens (tertiary/aromatic N) is 1. The lowest BCUT2D eigenvalue weighted by atomic mass is 10.2. The van der Waals surface area contributed by atoms with E-state index in [0.29, 0.717) is 8.81 Å². The van der Waals surface area contributed by atoms with Crippen molar-refractivity contribution in [3.8, 4) is 0 Å². The first-order chi connectivity index (χ1) is 6.31. The van der Waals surface area contributed by atoms with Gasteiger partial charge in [0.1, 0.15) is 0 Å². The van der Waals surface area contributed by atoms with Crippen molar-refractivity contribution in [2.75, 3.05) is 7.11 Å². The number of nitrogens with one attached hydrogen (secondary N) is 1. The van der Waals surface area contributed by atoms with Crippen LogP contribution in [-0.4, -0.2) is 17.1 Å². The number of fused-ring (bicyclic) bond motifs is 1. The minimum atomic E-state index is 0.300. The number of imidazole rings is 1. The molecule has 1 aromatic heterocycles. The number of benzene rings is 1. The van der Waals surface area contributed by atoms with Crippen LogP contribution in [0.1, 0.15) is 5.56 Å². The Morgan fingerprint density at radius 2 is 2.31 bits per heavy atom. The van der Waals surface area contributed by atoms with Gasteiger partial charge in [0.05, 0.1) is 19.8 Å². The van der Waals surface area contributed by atoms with Gasteiger partial charge in [-0.1, -0.05) is 12.1 Å². The van der Waals surface area contributed by atoms with E-state index in [9.17, 15) is 0 Å². The molecule has 0 aliphatic carbocycles. The summed E-state index contributed by atoms with van der Waals surface area (Å²) in [6.07, 6.45) is 0. The molecule has 0 aliphatic heterocycles. The van der Waals surface area contributed by atoms with Crippen LogP contribution in [0.25, 0.3) is 11.0 Å². The maximum Gasteiger partial charge on any atom is 0.154 e. The smallest absolute Gasteiger partial charge is 0.154 e. The topological polar surface area (TPSA) is 37.9 Å². The van der Waals surface area contributed by atoms with Crippen molar-refractivity contribution in [3.05, 3.63) is 23.8 Å². The van der Waals surface area contributed by atoms with Gasteiger partial charge in [-0.2, -0.15) is 0 Å². The monoisotopic (exact) mass is 194 g/mol. The van der Waals surface area contributed by atoms with Crippen LogP contribution in [0.3, 0.4) is 0 Å². The molecule has 0 amide bonds. The normalized spacial score (nSPS) is 11.8. The summed E-state index contributed by atoms with van der Waals surface area (Å²) in [5.74, 6) is 0. The van der Waals surface area contributed by atoms with Gasteiger partial charge in [-0.3, -0.25) is 0 Å². The summed E-state index contributed by atoms with van der Waals surface area (Å²) in [5, 5.41) is 0. The first kappa shape index (κ1) is 8.67. The lowest BCUT2D eigenvalue weighted by Crippen LogP contribution is -1.97. The zero-order chi connectivity index (χ0) is 9.26. The molecule has 1 atom stereocenters. The average Bonchev–Trinajstić information content (AvgIpc) is 2.49. The zero-order valence-corrected chi connectivity index (χ0v) is 8.59. The van der Waals surface area contributed by atoms with Crippen molar-refractivity contribution in [3.63, 3.8) is 0 Å². The Morgan fingerprint density at radius 1 is 1.46 bits per heavy atom. The number of aromatic nitrogens is 2. The summed E-state index contributed by atoms with van der Waals surface area (Å²) >= 11 is 0. The highest BCUT2D eigenvalue weighted by Crippen LogP contribution is 2.16. The maximum absolute atomic E-state index is 5.03. The van der Waals surface area contributed by atoms with E-state index in [1.54, 1.807) is 7.11 Å². The first-order valence-electron chi connectivity index (χ1n) is 4.05. The van der Waals surface area contributed by atoms with Gasteiger partial charge in [-0.05, 0) is 18.6 Å². The first-order valence-corrected chi connectivity index (χ1v) is 4.96. The largest absolute Gasteiger partial charge is 0.358 e. The number of hydrogen-bond donors (Lipinski definition) is 1. The molecule has 13 heavy (non-hydrogen) atoms. The fourth-order valence-corrected chi connectivity index (χ4v) is 1.86. The Labute approximate surface area is 78.4 Å². The molecular weight excluding hydrogens is 183 g/mol. The molecule has 0 radical (unpaired) electrons. The molecule has 0 bridgehead atoms. The third-order valence-electron chi connectivity index (χ3n) is 1.91. The molecule has 0 aliphatic rings. The van der Waals surface area contributed by atoms with E-state index in [1.165, 1.54) is 5.56 Å². The number of hydrogen-bond acceptors (Lipinski definition) is 2. The van der Waals surface area contributed by atoms with Crippen molar-refractivity contribution in [2.45, 2.75) is 6.92 Å². The molecule has 3 nitrogen and oxygen atoms in total. The minimum absolute atomic E-state index is 0.300. The highest BCUT2D eigenvalue weighted by atomic mass is 31.1. The second kappa shape index (κ2) is 3.44. The van der Waals surface area contributed by atoms with Crippen molar-refractivity contribution in [1.82, 2.24) is 9.97 Å². The lowest BCUT2D eigenvalue weighted by molar-refractivity contribution is 0.480. The zero-order valence-electron chi connectivity index (χ0n) is 7.59. The quantitative estimate of drug-likeness (QED) is 0.739. The van der Waals surface area contributed by atoms with Gasteiger partial charge >= 0.3 is 0 Å². The average molecular weight is 194 g/mol. The van der Waals surface area contributed by atoms with Gasteiger partial charge in [0.15, 0.2) is 5.57 Å². The van der Waals surface area contributed by atoms with Crippen molar-refractivity contribution >= 4 is 25.4 Å². The standard InChI is InChI=1S/C9H11N2OP/c1-6-4-3-5-7-8(6)11-9(10-7)13-12-2/h3-5,13H,1-2H3,(H,10,11). The van der Waals surface area contributed by atoms with E-state index < -0.39 is 0 Å². The highest BCUT2D eigenvalue weighted by molar-refractivity contribution is 7.41. The summed E-state index contributed by atoms with van der Waals surface area (Å²) in [5.41, 5.74) is 4.23. The number of aromatic amines is 1. The van der Waals surface area contributed by atoms with Crippen molar-refractivity contribution in [1.29, 1.82) is 0 Å². The molecule has 68 valence electrons. The van der Waals surface area contributed by atoms with Crippen LogP contribution in [0.4, 0.5) is 0 Å². The molecule has 1 unspecified atom stereocenters. The van der Waals surface area contributed by atoms with Gasteiger partial charge in [0.25, 0.3) is 0 Å². The molecule has 2 aromatic rings. The third kappa shape index (κ3) is 1.58. The second-order valence-corrected chi connectivity index (χ2v) is 3.95. The number of rotatable bonds is 2. The summed E-state index contributed by atoms with van der Waals surface area (Å²) in [6.45, 7) is 2.06. The number of para-hydroxylation sites is 1. The number of aryl methyl sites for hydroxylation is 1. The molecular formula is C9H11N2OP. The SMILES string of the molecule is COPc1nc2c(C)cccc2[nH]1. The molecule has 1 aromatic carbocycles. The van der Waals surface area contributed by atoms with Crippen LogP contribution in [0.5, 0.6) is 0 Å². The van der Waals surface area contributed by atoms with E-state index in [0.717, 1.165) is 16.6 Å². The molecule has 0 saturated carbocycles. The second-order valence-electron chi connectivity index (χ2n) is 2.86. The Morgan fingerprint density at radius 3 is 3.00 bits per heavy atom. The molecule has 1 heterocycles. The molecule has 0 spiro atoms. The Kier molecular flexibility index (Phi) is 2.30. The summed E-state index contributed by atoms with van der Waals surface area (Å²) in [6, 6.07) is 6.11. The molecule has 0 saturated heterocycles. The van der Waals surface area contributed by atoms with E-state index >= 15 is 0 Å². The summed E-state index contributed by atoms with van der Waals surface area (Å²) < 4.78 is 5.03. The minimum Gasteiger partial charge on any atom is -0.358 e. The van der Waals surface area contributed by atoms with Crippen LogP contribution < -0.4 is 5.57 Å². The highest BCUT2D eigenvalue weighted by Gasteiger charge is 2.03. The van der Waals surface area contributed by atoms with Crippen LogP contribution in [0.15, 0.2) is 18.2 Å².